The number of rotatable bonds is 6. The van der Waals surface area contributed by atoms with E-state index in [4.69, 9.17) is 0 Å². The van der Waals surface area contributed by atoms with Crippen molar-refractivity contribution in [2.45, 2.75) is 59.0 Å². The van der Waals surface area contributed by atoms with Gasteiger partial charge in [0.15, 0.2) is 0 Å². The highest BCUT2D eigenvalue weighted by atomic mass is 16.2. The van der Waals surface area contributed by atoms with Gasteiger partial charge in [-0.1, -0.05) is 25.1 Å². The zero-order chi connectivity index (χ0) is 26.6. The molecule has 0 unspecified atom stereocenters. The quantitative estimate of drug-likeness (QED) is 0.488. The van der Waals surface area contributed by atoms with Crippen LogP contribution in [0.4, 0.5) is 17.3 Å². The van der Waals surface area contributed by atoms with Crippen molar-refractivity contribution in [1.82, 2.24) is 14.9 Å². The summed E-state index contributed by atoms with van der Waals surface area (Å²) in [6.45, 7) is 12.7. The van der Waals surface area contributed by atoms with Crippen molar-refractivity contribution in [3.05, 3.63) is 77.1 Å². The summed E-state index contributed by atoms with van der Waals surface area (Å²) in [5, 5.41) is 3.83. The van der Waals surface area contributed by atoms with Gasteiger partial charge in [-0.25, -0.2) is 9.97 Å². The zero-order valence-electron chi connectivity index (χ0n) is 23.2. The van der Waals surface area contributed by atoms with Crippen LogP contribution >= 0.6 is 0 Å². The molecule has 7 nitrogen and oxygen atoms in total. The first-order valence-corrected chi connectivity index (χ1v) is 14.0. The largest absolute Gasteiger partial charge is 0.382 e. The summed E-state index contributed by atoms with van der Waals surface area (Å²) in [6, 6.07) is 14.9. The lowest BCUT2D eigenvalue weighted by molar-refractivity contribution is 0.0719. The smallest absolute Gasteiger partial charge is 0.254 e. The number of nitrogens with one attached hydrogen (secondary N) is 1. The number of benzene rings is 1. The predicted octanol–water partition coefficient (Wildman–Crippen LogP) is 5.22. The van der Waals surface area contributed by atoms with Crippen LogP contribution in [-0.4, -0.2) is 65.6 Å². The third-order valence-corrected chi connectivity index (χ3v) is 8.19. The summed E-state index contributed by atoms with van der Waals surface area (Å²) < 4.78 is 0. The Kier molecular flexibility index (Phi) is 7.82. The molecule has 3 aromatic rings. The minimum absolute atomic E-state index is 0.146. The number of pyridine rings is 2. The molecule has 1 N–H and O–H groups in total. The topological polar surface area (TPSA) is 64.6 Å². The van der Waals surface area contributed by atoms with E-state index in [0.717, 1.165) is 72.9 Å². The Labute approximate surface area is 226 Å². The molecule has 2 aliphatic heterocycles. The number of hydrogen-bond donors (Lipinski definition) is 1. The summed E-state index contributed by atoms with van der Waals surface area (Å²) in [5.74, 6) is 2.19. The number of hydrogen-bond acceptors (Lipinski definition) is 6. The monoisotopic (exact) mass is 512 g/mol. The number of aryl methyl sites for hydroxylation is 2. The van der Waals surface area contributed by atoms with Gasteiger partial charge in [0, 0.05) is 68.5 Å². The van der Waals surface area contributed by atoms with Gasteiger partial charge in [0.05, 0.1) is 0 Å². The molecule has 38 heavy (non-hydrogen) atoms. The van der Waals surface area contributed by atoms with Crippen LogP contribution in [0.3, 0.4) is 0 Å². The SMILES string of the molecule is CC[C@@H]1CN(C(=O)c2c(C)cc(C)c(NC3CCN(c4ccccn4)CC3)c2C)CCN1c1ccccn1. The van der Waals surface area contributed by atoms with E-state index >= 15 is 0 Å². The van der Waals surface area contributed by atoms with E-state index in [-0.39, 0.29) is 11.9 Å². The van der Waals surface area contributed by atoms with E-state index in [1.807, 2.05) is 41.6 Å². The summed E-state index contributed by atoms with van der Waals surface area (Å²) in [6.07, 6.45) is 6.75. The molecule has 1 amide bonds. The molecule has 2 fully saturated rings. The van der Waals surface area contributed by atoms with Gasteiger partial charge in [-0.3, -0.25) is 4.79 Å². The molecule has 200 valence electrons. The predicted molar refractivity (Wildman–Crippen MR) is 155 cm³/mol. The maximum absolute atomic E-state index is 14.0. The minimum atomic E-state index is 0.146. The van der Waals surface area contributed by atoms with Crippen molar-refractivity contribution in [3.63, 3.8) is 0 Å². The van der Waals surface area contributed by atoms with E-state index in [1.165, 1.54) is 5.56 Å². The van der Waals surface area contributed by atoms with Gasteiger partial charge in [-0.05, 0) is 81.0 Å². The normalized spacial score (nSPS) is 18.5. The highest BCUT2D eigenvalue weighted by Crippen LogP contribution is 2.31. The number of nitrogens with zero attached hydrogens (tertiary/aromatic N) is 5. The molecule has 0 aliphatic carbocycles. The Morgan fingerprint density at radius 2 is 1.61 bits per heavy atom. The second kappa shape index (κ2) is 11.4. The van der Waals surface area contributed by atoms with Gasteiger partial charge < -0.3 is 20.0 Å². The van der Waals surface area contributed by atoms with Crippen LogP contribution in [0.5, 0.6) is 0 Å². The average Bonchev–Trinajstić information content (AvgIpc) is 2.96. The maximum Gasteiger partial charge on any atom is 0.254 e. The van der Waals surface area contributed by atoms with Crippen LogP contribution in [0.1, 0.15) is 53.2 Å². The second-order valence-corrected chi connectivity index (χ2v) is 10.7. The van der Waals surface area contributed by atoms with Gasteiger partial charge in [0.1, 0.15) is 11.6 Å². The van der Waals surface area contributed by atoms with Crippen molar-refractivity contribution in [1.29, 1.82) is 0 Å². The Morgan fingerprint density at radius 1 is 0.921 bits per heavy atom. The number of carbonyl (C=O) groups excluding carboxylic acids is 1. The molecular formula is C31H40N6O. The van der Waals surface area contributed by atoms with Crippen LogP contribution in [0.25, 0.3) is 0 Å². The molecule has 0 bridgehead atoms. The van der Waals surface area contributed by atoms with Crippen molar-refractivity contribution in [2.24, 2.45) is 0 Å². The standard InChI is InChI=1S/C31H40N6O/c1-5-26-21-36(18-19-37(26)28-11-7-9-15-33-28)31(38)29-22(2)20-23(3)30(24(29)4)34-25-12-16-35(17-13-25)27-10-6-8-14-32-27/h6-11,14-15,20,25-26,34H,5,12-13,16-19,21H2,1-4H3/t26-/m1/s1. The lowest BCUT2D eigenvalue weighted by atomic mass is 9.94. The number of piperidine rings is 1. The van der Waals surface area contributed by atoms with E-state index in [1.54, 1.807) is 0 Å². The third-order valence-electron chi connectivity index (χ3n) is 8.19. The first kappa shape index (κ1) is 26.0. The molecule has 1 atom stereocenters. The molecule has 0 radical (unpaired) electrons. The van der Waals surface area contributed by atoms with Gasteiger partial charge >= 0.3 is 0 Å². The van der Waals surface area contributed by atoms with Crippen molar-refractivity contribution < 1.29 is 4.79 Å². The van der Waals surface area contributed by atoms with Crippen molar-refractivity contribution in [3.8, 4) is 0 Å². The molecule has 7 heteroatoms. The number of anilines is 3. The Hall–Kier alpha value is -3.61. The van der Waals surface area contributed by atoms with E-state index in [9.17, 15) is 4.79 Å². The zero-order valence-corrected chi connectivity index (χ0v) is 23.2. The number of aromatic nitrogens is 2. The molecule has 0 spiro atoms. The minimum Gasteiger partial charge on any atom is -0.382 e. The fourth-order valence-electron chi connectivity index (χ4n) is 6.11. The number of carbonyl (C=O) groups is 1. The van der Waals surface area contributed by atoms with Gasteiger partial charge in [0.2, 0.25) is 0 Å². The molecule has 4 heterocycles. The molecule has 2 aliphatic rings. The fraction of sp³-hybridized carbons (Fsp3) is 0.452. The molecule has 2 aromatic heterocycles. The van der Waals surface area contributed by atoms with E-state index in [0.29, 0.717) is 19.1 Å². The van der Waals surface area contributed by atoms with Crippen molar-refractivity contribution >= 4 is 23.2 Å². The van der Waals surface area contributed by atoms with Crippen LogP contribution in [0.2, 0.25) is 0 Å². The number of piperazine rings is 1. The van der Waals surface area contributed by atoms with Gasteiger partial charge in [-0.2, -0.15) is 0 Å². The van der Waals surface area contributed by atoms with Gasteiger partial charge in [-0.15, -0.1) is 0 Å². The van der Waals surface area contributed by atoms with Crippen LogP contribution in [-0.2, 0) is 0 Å². The molecule has 2 saturated heterocycles. The summed E-state index contributed by atoms with van der Waals surface area (Å²) in [7, 11) is 0. The lowest BCUT2D eigenvalue weighted by Crippen LogP contribution is -2.55. The Morgan fingerprint density at radius 3 is 2.24 bits per heavy atom. The molecule has 1 aromatic carbocycles. The summed E-state index contributed by atoms with van der Waals surface area (Å²) in [5.41, 5.74) is 5.30. The van der Waals surface area contributed by atoms with Gasteiger partial charge in [0.25, 0.3) is 5.91 Å². The second-order valence-electron chi connectivity index (χ2n) is 10.7. The summed E-state index contributed by atoms with van der Waals surface area (Å²) in [4.78, 5) is 29.8. The lowest BCUT2D eigenvalue weighted by Gasteiger charge is -2.42. The van der Waals surface area contributed by atoms with Crippen molar-refractivity contribution in [2.75, 3.05) is 47.8 Å². The highest BCUT2D eigenvalue weighted by molar-refractivity contribution is 5.99. The highest BCUT2D eigenvalue weighted by Gasteiger charge is 2.32. The van der Waals surface area contributed by atoms with Crippen LogP contribution in [0.15, 0.2) is 54.9 Å². The first-order chi connectivity index (χ1) is 18.5. The Balaban J connectivity index is 1.30. The number of amides is 1. The molecule has 0 saturated carbocycles. The first-order valence-electron chi connectivity index (χ1n) is 14.0. The summed E-state index contributed by atoms with van der Waals surface area (Å²) >= 11 is 0. The molecule has 5 rings (SSSR count). The third kappa shape index (κ3) is 5.33. The van der Waals surface area contributed by atoms with E-state index < -0.39 is 0 Å². The van der Waals surface area contributed by atoms with Crippen LogP contribution < -0.4 is 15.1 Å². The average molecular weight is 513 g/mol. The van der Waals surface area contributed by atoms with Crippen LogP contribution in [0, 0.1) is 20.8 Å². The molecular weight excluding hydrogens is 472 g/mol. The van der Waals surface area contributed by atoms with E-state index in [2.05, 4.69) is 71.0 Å². The fourth-order valence-corrected chi connectivity index (χ4v) is 6.11. The Bertz CT molecular complexity index is 1240. The maximum atomic E-state index is 14.0.